The van der Waals surface area contributed by atoms with Crippen molar-refractivity contribution in [3.8, 4) is 0 Å². The topological polar surface area (TPSA) is 122 Å². The van der Waals surface area contributed by atoms with E-state index in [2.05, 4.69) is 30.6 Å². The number of carbonyl (C=O) groups excluding carboxylic acids is 2. The average molecular weight is 383 g/mol. The third-order valence-corrected chi connectivity index (χ3v) is 4.58. The number of ether oxygens (including phenoxy) is 1. The molecule has 28 heavy (non-hydrogen) atoms. The van der Waals surface area contributed by atoms with E-state index >= 15 is 0 Å². The molecule has 2 amide bonds. The first-order valence-corrected chi connectivity index (χ1v) is 9.23. The molecule has 0 spiro atoms. The van der Waals surface area contributed by atoms with Crippen molar-refractivity contribution in [2.45, 2.75) is 18.8 Å². The lowest BCUT2D eigenvalue weighted by molar-refractivity contribution is -0.142. The summed E-state index contributed by atoms with van der Waals surface area (Å²) in [6.07, 6.45) is 8.44. The highest BCUT2D eigenvalue weighted by atomic mass is 16.5. The molecule has 1 saturated carbocycles. The average Bonchev–Trinajstić information content (AvgIpc) is 3.56. The van der Waals surface area contributed by atoms with E-state index in [-0.39, 0.29) is 24.1 Å². The summed E-state index contributed by atoms with van der Waals surface area (Å²) >= 11 is 0. The van der Waals surface area contributed by atoms with Crippen molar-refractivity contribution in [1.29, 1.82) is 0 Å². The predicted octanol–water partition coefficient (Wildman–Crippen LogP) is 0.476. The molecule has 1 aliphatic carbocycles. The van der Waals surface area contributed by atoms with Gasteiger partial charge in [0, 0.05) is 25.6 Å². The van der Waals surface area contributed by atoms with E-state index in [1.165, 1.54) is 6.33 Å². The Balaban J connectivity index is 1.45. The van der Waals surface area contributed by atoms with Gasteiger partial charge in [0.15, 0.2) is 11.5 Å². The van der Waals surface area contributed by atoms with Crippen LogP contribution in [0.2, 0.25) is 0 Å². The van der Waals surface area contributed by atoms with Gasteiger partial charge < -0.3 is 20.3 Å². The SMILES string of the molecule is O=C(NCCN1CCOCC1=O)c1nc(C2CC2)cnc1Nc1cncnc1. The van der Waals surface area contributed by atoms with Crippen LogP contribution in [-0.2, 0) is 9.53 Å². The second kappa shape index (κ2) is 8.26. The second-order valence-corrected chi connectivity index (χ2v) is 6.71. The fourth-order valence-electron chi connectivity index (χ4n) is 2.90. The summed E-state index contributed by atoms with van der Waals surface area (Å²) in [5.41, 5.74) is 1.66. The first kappa shape index (κ1) is 18.2. The quantitative estimate of drug-likeness (QED) is 0.708. The molecule has 0 aromatic carbocycles. The van der Waals surface area contributed by atoms with Crippen LogP contribution in [0.15, 0.2) is 24.9 Å². The number of morpholine rings is 1. The van der Waals surface area contributed by atoms with Crippen molar-refractivity contribution in [2.75, 3.05) is 38.2 Å². The van der Waals surface area contributed by atoms with Crippen molar-refractivity contribution in [3.63, 3.8) is 0 Å². The molecule has 0 atom stereocenters. The second-order valence-electron chi connectivity index (χ2n) is 6.71. The fourth-order valence-corrected chi connectivity index (χ4v) is 2.90. The number of amides is 2. The number of carbonyl (C=O) groups is 2. The molecule has 2 aromatic heterocycles. The zero-order valence-electron chi connectivity index (χ0n) is 15.3. The monoisotopic (exact) mass is 383 g/mol. The van der Waals surface area contributed by atoms with E-state index in [1.54, 1.807) is 23.5 Å². The third kappa shape index (κ3) is 4.39. The molecule has 3 heterocycles. The lowest BCUT2D eigenvalue weighted by atomic mass is 10.2. The van der Waals surface area contributed by atoms with Gasteiger partial charge in [0.05, 0.1) is 36.6 Å². The van der Waals surface area contributed by atoms with Gasteiger partial charge in [0.25, 0.3) is 5.91 Å². The maximum Gasteiger partial charge on any atom is 0.273 e. The molecule has 2 N–H and O–H groups in total. The number of anilines is 2. The van der Waals surface area contributed by atoms with Gasteiger partial charge in [-0.05, 0) is 12.8 Å². The van der Waals surface area contributed by atoms with Crippen LogP contribution in [-0.4, -0.2) is 69.5 Å². The molecular formula is C18H21N7O3. The third-order valence-electron chi connectivity index (χ3n) is 4.58. The van der Waals surface area contributed by atoms with Gasteiger partial charge in [-0.1, -0.05) is 0 Å². The molecule has 10 heteroatoms. The number of rotatable bonds is 7. The van der Waals surface area contributed by atoms with E-state index in [0.29, 0.717) is 43.7 Å². The molecule has 1 saturated heterocycles. The van der Waals surface area contributed by atoms with Crippen LogP contribution in [0, 0.1) is 0 Å². The summed E-state index contributed by atoms with van der Waals surface area (Å²) in [5.74, 6) is 0.316. The van der Waals surface area contributed by atoms with Crippen LogP contribution >= 0.6 is 0 Å². The molecule has 0 radical (unpaired) electrons. The molecule has 4 rings (SSSR count). The minimum absolute atomic E-state index is 0.0672. The van der Waals surface area contributed by atoms with Gasteiger partial charge in [-0.25, -0.2) is 19.9 Å². The van der Waals surface area contributed by atoms with Gasteiger partial charge in [0.2, 0.25) is 5.91 Å². The highest BCUT2D eigenvalue weighted by Crippen LogP contribution is 2.39. The Morgan fingerprint density at radius 1 is 1.25 bits per heavy atom. The molecular weight excluding hydrogens is 362 g/mol. The highest BCUT2D eigenvalue weighted by molar-refractivity contribution is 5.97. The summed E-state index contributed by atoms with van der Waals surface area (Å²) < 4.78 is 5.11. The summed E-state index contributed by atoms with van der Waals surface area (Å²) in [7, 11) is 0. The smallest absolute Gasteiger partial charge is 0.273 e. The van der Waals surface area contributed by atoms with Crippen molar-refractivity contribution in [2.24, 2.45) is 0 Å². The lowest BCUT2D eigenvalue weighted by Crippen LogP contribution is -2.45. The molecule has 146 valence electrons. The molecule has 2 fully saturated rings. The predicted molar refractivity (Wildman–Crippen MR) is 99.1 cm³/mol. The normalized spacial score (nSPS) is 16.7. The maximum atomic E-state index is 12.8. The van der Waals surface area contributed by atoms with Crippen LogP contribution in [0.1, 0.15) is 34.9 Å². The highest BCUT2D eigenvalue weighted by Gasteiger charge is 2.28. The Bertz CT molecular complexity index is 858. The number of aromatic nitrogens is 4. The Morgan fingerprint density at radius 3 is 2.82 bits per heavy atom. The Kier molecular flexibility index (Phi) is 5.38. The van der Waals surface area contributed by atoms with Crippen molar-refractivity contribution in [1.82, 2.24) is 30.2 Å². The summed E-state index contributed by atoms with van der Waals surface area (Å²) in [4.78, 5) is 43.0. The van der Waals surface area contributed by atoms with Gasteiger partial charge in [0.1, 0.15) is 12.9 Å². The van der Waals surface area contributed by atoms with Gasteiger partial charge in [-0.3, -0.25) is 9.59 Å². The lowest BCUT2D eigenvalue weighted by Gasteiger charge is -2.26. The standard InChI is InChI=1S/C18H21N7O3/c26-15-10-28-6-5-25(15)4-3-21-18(27)16-17(23-13-7-19-11-20-8-13)22-9-14(24-16)12-1-2-12/h7-9,11-12H,1-6,10H2,(H,21,27)(H,22,23). The first-order valence-electron chi connectivity index (χ1n) is 9.23. The number of hydrogen-bond acceptors (Lipinski definition) is 8. The maximum absolute atomic E-state index is 12.8. The van der Waals surface area contributed by atoms with Gasteiger partial charge >= 0.3 is 0 Å². The summed E-state index contributed by atoms with van der Waals surface area (Å²) in [6.45, 7) is 1.90. The van der Waals surface area contributed by atoms with Crippen LogP contribution in [0.4, 0.5) is 11.5 Å². The number of nitrogens with zero attached hydrogens (tertiary/aromatic N) is 5. The zero-order valence-corrected chi connectivity index (χ0v) is 15.3. The Hall–Kier alpha value is -3.14. The van der Waals surface area contributed by atoms with Crippen LogP contribution < -0.4 is 10.6 Å². The van der Waals surface area contributed by atoms with E-state index in [9.17, 15) is 9.59 Å². The summed E-state index contributed by atoms with van der Waals surface area (Å²) in [6, 6.07) is 0. The van der Waals surface area contributed by atoms with E-state index in [0.717, 1.165) is 18.5 Å². The molecule has 0 unspecified atom stereocenters. The first-order chi connectivity index (χ1) is 13.7. The van der Waals surface area contributed by atoms with Gasteiger partial charge in [-0.2, -0.15) is 0 Å². The van der Waals surface area contributed by atoms with Crippen molar-refractivity contribution >= 4 is 23.3 Å². The van der Waals surface area contributed by atoms with Crippen molar-refractivity contribution in [3.05, 3.63) is 36.3 Å². The van der Waals surface area contributed by atoms with Crippen LogP contribution in [0.3, 0.4) is 0 Å². The zero-order chi connectivity index (χ0) is 19.3. The van der Waals surface area contributed by atoms with E-state index in [4.69, 9.17) is 4.74 Å². The molecule has 10 nitrogen and oxygen atoms in total. The number of nitrogens with one attached hydrogen (secondary N) is 2. The van der Waals surface area contributed by atoms with Crippen LogP contribution in [0.5, 0.6) is 0 Å². The Morgan fingerprint density at radius 2 is 2.07 bits per heavy atom. The van der Waals surface area contributed by atoms with Crippen molar-refractivity contribution < 1.29 is 14.3 Å². The molecule has 2 aromatic rings. The van der Waals surface area contributed by atoms with E-state index in [1.807, 2.05) is 0 Å². The van der Waals surface area contributed by atoms with E-state index < -0.39 is 0 Å². The molecule has 2 aliphatic rings. The minimum atomic E-state index is -0.338. The number of hydrogen-bond donors (Lipinski definition) is 2. The van der Waals surface area contributed by atoms with Gasteiger partial charge in [-0.15, -0.1) is 0 Å². The fraction of sp³-hybridized carbons (Fsp3) is 0.444. The summed E-state index contributed by atoms with van der Waals surface area (Å²) in [5, 5.41) is 5.88. The van der Waals surface area contributed by atoms with Crippen LogP contribution in [0.25, 0.3) is 0 Å². The molecule has 1 aliphatic heterocycles. The largest absolute Gasteiger partial charge is 0.370 e. The molecule has 0 bridgehead atoms. The Labute approximate surface area is 161 Å². The minimum Gasteiger partial charge on any atom is -0.370 e.